The SMILES string of the molecule is COC(=O)N(CCCC(=O)O)c1ccccc1C. The normalized spacial score (nSPS) is 9.89. The van der Waals surface area contributed by atoms with Crippen LogP contribution in [0.25, 0.3) is 0 Å². The number of rotatable bonds is 5. The third kappa shape index (κ3) is 3.76. The largest absolute Gasteiger partial charge is 0.481 e. The highest BCUT2D eigenvalue weighted by molar-refractivity contribution is 5.88. The summed E-state index contributed by atoms with van der Waals surface area (Å²) < 4.78 is 4.72. The van der Waals surface area contributed by atoms with E-state index in [-0.39, 0.29) is 6.42 Å². The highest BCUT2D eigenvalue weighted by atomic mass is 16.5. The van der Waals surface area contributed by atoms with Crippen molar-refractivity contribution in [2.45, 2.75) is 19.8 Å². The third-order valence-corrected chi connectivity index (χ3v) is 2.57. The first-order valence-corrected chi connectivity index (χ1v) is 5.69. The van der Waals surface area contributed by atoms with E-state index in [1.54, 1.807) is 0 Å². The van der Waals surface area contributed by atoms with Crippen LogP contribution in [0.1, 0.15) is 18.4 Å². The van der Waals surface area contributed by atoms with Crippen molar-refractivity contribution in [2.24, 2.45) is 0 Å². The van der Waals surface area contributed by atoms with Crippen molar-refractivity contribution >= 4 is 17.7 Å². The second kappa shape index (κ2) is 6.64. The van der Waals surface area contributed by atoms with E-state index in [1.807, 2.05) is 31.2 Å². The molecule has 0 fully saturated rings. The molecule has 1 rings (SSSR count). The van der Waals surface area contributed by atoms with E-state index in [2.05, 4.69) is 0 Å². The smallest absolute Gasteiger partial charge is 0.414 e. The molecular weight excluding hydrogens is 234 g/mol. The highest BCUT2D eigenvalue weighted by Crippen LogP contribution is 2.20. The molecule has 1 amide bonds. The summed E-state index contributed by atoms with van der Waals surface area (Å²) in [6.07, 6.45) is -0.0623. The van der Waals surface area contributed by atoms with Crippen LogP contribution in [-0.4, -0.2) is 30.8 Å². The number of nitrogens with zero attached hydrogens (tertiary/aromatic N) is 1. The maximum atomic E-state index is 11.7. The van der Waals surface area contributed by atoms with Gasteiger partial charge in [-0.1, -0.05) is 18.2 Å². The molecule has 18 heavy (non-hydrogen) atoms. The van der Waals surface area contributed by atoms with Crippen molar-refractivity contribution in [1.82, 2.24) is 0 Å². The number of ether oxygens (including phenoxy) is 1. The summed E-state index contributed by atoms with van der Waals surface area (Å²) in [5, 5.41) is 8.61. The van der Waals surface area contributed by atoms with Gasteiger partial charge in [0.2, 0.25) is 0 Å². The first kappa shape index (κ1) is 14.0. The molecule has 0 radical (unpaired) electrons. The molecule has 98 valence electrons. The van der Waals surface area contributed by atoms with E-state index in [0.29, 0.717) is 13.0 Å². The quantitative estimate of drug-likeness (QED) is 0.872. The van der Waals surface area contributed by atoms with E-state index in [9.17, 15) is 9.59 Å². The number of carboxylic acid groups (broad SMARTS) is 1. The molecule has 1 aromatic carbocycles. The Morgan fingerprint density at radius 3 is 2.56 bits per heavy atom. The first-order chi connectivity index (χ1) is 8.56. The van der Waals surface area contributed by atoms with Crippen LogP contribution >= 0.6 is 0 Å². The van der Waals surface area contributed by atoms with Crippen molar-refractivity contribution in [3.63, 3.8) is 0 Å². The van der Waals surface area contributed by atoms with Gasteiger partial charge in [0.1, 0.15) is 0 Å². The lowest BCUT2D eigenvalue weighted by Crippen LogP contribution is -2.32. The maximum Gasteiger partial charge on any atom is 0.414 e. The number of carboxylic acids is 1. The van der Waals surface area contributed by atoms with Crippen LogP contribution in [0.2, 0.25) is 0 Å². The van der Waals surface area contributed by atoms with E-state index in [1.165, 1.54) is 12.0 Å². The fourth-order valence-corrected chi connectivity index (χ4v) is 1.67. The number of carbonyl (C=O) groups excluding carboxylic acids is 1. The molecule has 0 heterocycles. The van der Waals surface area contributed by atoms with E-state index in [0.717, 1.165) is 11.3 Å². The molecule has 0 unspecified atom stereocenters. The van der Waals surface area contributed by atoms with Crippen LogP contribution in [-0.2, 0) is 9.53 Å². The fourth-order valence-electron chi connectivity index (χ4n) is 1.67. The number of amides is 1. The van der Waals surface area contributed by atoms with Crippen molar-refractivity contribution in [2.75, 3.05) is 18.6 Å². The van der Waals surface area contributed by atoms with Gasteiger partial charge in [0.15, 0.2) is 0 Å². The van der Waals surface area contributed by atoms with Crippen molar-refractivity contribution in [1.29, 1.82) is 0 Å². The van der Waals surface area contributed by atoms with Crippen LogP contribution in [0.15, 0.2) is 24.3 Å². The molecule has 5 heteroatoms. The predicted octanol–water partition coefficient (Wildman–Crippen LogP) is 2.43. The molecule has 5 nitrogen and oxygen atoms in total. The molecule has 0 aliphatic rings. The number of hydrogen-bond donors (Lipinski definition) is 1. The summed E-state index contributed by atoms with van der Waals surface area (Å²) >= 11 is 0. The van der Waals surface area contributed by atoms with Gasteiger partial charge in [-0.15, -0.1) is 0 Å². The Kier molecular flexibility index (Phi) is 5.17. The Morgan fingerprint density at radius 2 is 2.00 bits per heavy atom. The summed E-state index contributed by atoms with van der Waals surface area (Å²) in [6.45, 7) is 2.21. The Bertz CT molecular complexity index is 431. The van der Waals surface area contributed by atoms with Crippen molar-refractivity contribution in [3.05, 3.63) is 29.8 Å². The fraction of sp³-hybridized carbons (Fsp3) is 0.385. The number of aryl methyl sites for hydroxylation is 1. The summed E-state index contributed by atoms with van der Waals surface area (Å²) in [4.78, 5) is 23.6. The van der Waals surface area contributed by atoms with Crippen LogP contribution in [0.5, 0.6) is 0 Å². The summed E-state index contributed by atoms with van der Waals surface area (Å²) in [5.74, 6) is -0.871. The van der Waals surface area contributed by atoms with Gasteiger partial charge < -0.3 is 9.84 Å². The topological polar surface area (TPSA) is 66.8 Å². The van der Waals surface area contributed by atoms with Gasteiger partial charge in [-0.25, -0.2) is 4.79 Å². The van der Waals surface area contributed by atoms with E-state index >= 15 is 0 Å². The Morgan fingerprint density at radius 1 is 1.33 bits per heavy atom. The number of methoxy groups -OCH3 is 1. The monoisotopic (exact) mass is 251 g/mol. The molecule has 0 aromatic heterocycles. The lowest BCUT2D eigenvalue weighted by molar-refractivity contribution is -0.137. The van der Waals surface area contributed by atoms with E-state index < -0.39 is 12.1 Å². The minimum absolute atomic E-state index is 0.0272. The molecule has 1 N–H and O–H groups in total. The van der Waals surface area contributed by atoms with Crippen molar-refractivity contribution < 1.29 is 19.4 Å². The Hall–Kier alpha value is -2.04. The maximum absolute atomic E-state index is 11.7. The zero-order valence-electron chi connectivity index (χ0n) is 10.5. The Labute approximate surface area is 106 Å². The molecule has 0 atom stereocenters. The number of aliphatic carboxylic acids is 1. The van der Waals surface area contributed by atoms with Gasteiger partial charge in [-0.05, 0) is 25.0 Å². The molecule has 1 aromatic rings. The zero-order valence-corrected chi connectivity index (χ0v) is 10.5. The average Bonchev–Trinajstić information content (AvgIpc) is 2.35. The van der Waals surface area contributed by atoms with Gasteiger partial charge in [-0.3, -0.25) is 9.69 Å². The average molecular weight is 251 g/mol. The van der Waals surface area contributed by atoms with Crippen LogP contribution in [0.4, 0.5) is 10.5 Å². The van der Waals surface area contributed by atoms with Gasteiger partial charge in [-0.2, -0.15) is 0 Å². The molecule has 0 bridgehead atoms. The molecule has 0 spiro atoms. The van der Waals surface area contributed by atoms with Gasteiger partial charge in [0.25, 0.3) is 0 Å². The zero-order chi connectivity index (χ0) is 13.5. The summed E-state index contributed by atoms with van der Waals surface area (Å²) in [6, 6.07) is 7.41. The third-order valence-electron chi connectivity index (χ3n) is 2.57. The minimum Gasteiger partial charge on any atom is -0.481 e. The number of hydrogen-bond acceptors (Lipinski definition) is 3. The van der Waals surface area contributed by atoms with Crippen LogP contribution in [0.3, 0.4) is 0 Å². The van der Waals surface area contributed by atoms with Gasteiger partial charge in [0, 0.05) is 18.7 Å². The number of benzene rings is 1. The minimum atomic E-state index is -0.871. The second-order valence-corrected chi connectivity index (χ2v) is 3.91. The Balaban J connectivity index is 2.82. The molecule has 0 saturated heterocycles. The number of para-hydroxylation sites is 1. The summed E-state index contributed by atoms with van der Waals surface area (Å²) in [7, 11) is 1.31. The first-order valence-electron chi connectivity index (χ1n) is 5.69. The number of anilines is 1. The second-order valence-electron chi connectivity index (χ2n) is 3.91. The van der Waals surface area contributed by atoms with Crippen molar-refractivity contribution in [3.8, 4) is 0 Å². The predicted molar refractivity (Wildman–Crippen MR) is 67.8 cm³/mol. The molecular formula is C13H17NO4. The lowest BCUT2D eigenvalue weighted by atomic mass is 10.1. The van der Waals surface area contributed by atoms with Gasteiger partial charge in [0.05, 0.1) is 7.11 Å². The molecule has 0 aliphatic heterocycles. The van der Waals surface area contributed by atoms with Gasteiger partial charge >= 0.3 is 12.1 Å². The number of carbonyl (C=O) groups is 2. The molecule has 0 saturated carbocycles. The van der Waals surface area contributed by atoms with Crippen LogP contribution in [0, 0.1) is 6.92 Å². The highest BCUT2D eigenvalue weighted by Gasteiger charge is 2.17. The standard InChI is InChI=1S/C13H17NO4/c1-10-6-3-4-7-11(10)14(13(17)18-2)9-5-8-12(15)16/h3-4,6-7H,5,8-9H2,1-2H3,(H,15,16). The molecule has 0 aliphatic carbocycles. The van der Waals surface area contributed by atoms with Crippen LogP contribution < -0.4 is 4.90 Å². The van der Waals surface area contributed by atoms with E-state index in [4.69, 9.17) is 9.84 Å². The lowest BCUT2D eigenvalue weighted by Gasteiger charge is -2.22. The summed E-state index contributed by atoms with van der Waals surface area (Å²) in [5.41, 5.74) is 1.69.